The molecule has 6 heteroatoms. The van der Waals surface area contributed by atoms with Crippen LogP contribution in [0, 0.1) is 5.82 Å². The lowest BCUT2D eigenvalue weighted by molar-refractivity contribution is 0.101. The zero-order valence-corrected chi connectivity index (χ0v) is 13.7. The van der Waals surface area contributed by atoms with E-state index in [-0.39, 0.29) is 11.6 Å². The van der Waals surface area contributed by atoms with Crippen molar-refractivity contribution in [2.45, 2.75) is 13.5 Å². The van der Waals surface area contributed by atoms with Crippen molar-refractivity contribution in [1.82, 2.24) is 9.97 Å². The number of ketones is 1. The summed E-state index contributed by atoms with van der Waals surface area (Å²) in [7, 11) is 0. The van der Waals surface area contributed by atoms with Gasteiger partial charge >= 0.3 is 0 Å². The lowest BCUT2D eigenvalue weighted by Crippen LogP contribution is -2.04. The molecule has 0 aliphatic rings. The molecule has 2 N–H and O–H groups in total. The standard InChI is InChI=1S/C19H17FN4O/c1-13(25)15-4-8-17(9-5-15)23-19-21-11-10-18(24-19)22-12-14-2-6-16(20)7-3-14/h2-11H,12H2,1H3,(H2,21,22,23,24). The van der Waals surface area contributed by atoms with Crippen molar-refractivity contribution in [2.75, 3.05) is 10.6 Å². The van der Waals surface area contributed by atoms with Crippen LogP contribution in [0.1, 0.15) is 22.8 Å². The number of nitrogens with zero attached hydrogens (tertiary/aromatic N) is 2. The van der Waals surface area contributed by atoms with E-state index in [9.17, 15) is 9.18 Å². The van der Waals surface area contributed by atoms with Crippen molar-refractivity contribution < 1.29 is 9.18 Å². The van der Waals surface area contributed by atoms with Gasteiger partial charge in [0.05, 0.1) is 0 Å². The summed E-state index contributed by atoms with van der Waals surface area (Å²) in [4.78, 5) is 19.9. The minimum Gasteiger partial charge on any atom is -0.366 e. The van der Waals surface area contributed by atoms with E-state index in [1.165, 1.54) is 19.1 Å². The Morgan fingerprint density at radius 2 is 1.76 bits per heavy atom. The normalized spacial score (nSPS) is 10.3. The highest BCUT2D eigenvalue weighted by Crippen LogP contribution is 2.16. The van der Waals surface area contributed by atoms with Gasteiger partial charge < -0.3 is 10.6 Å². The smallest absolute Gasteiger partial charge is 0.229 e. The molecule has 25 heavy (non-hydrogen) atoms. The fourth-order valence-electron chi connectivity index (χ4n) is 2.23. The van der Waals surface area contributed by atoms with Gasteiger partial charge in [-0.1, -0.05) is 12.1 Å². The Morgan fingerprint density at radius 3 is 2.44 bits per heavy atom. The van der Waals surface area contributed by atoms with E-state index in [0.717, 1.165) is 11.3 Å². The van der Waals surface area contributed by atoms with Gasteiger partial charge in [-0.15, -0.1) is 0 Å². The van der Waals surface area contributed by atoms with E-state index in [4.69, 9.17) is 0 Å². The molecule has 0 radical (unpaired) electrons. The number of hydrogen-bond acceptors (Lipinski definition) is 5. The summed E-state index contributed by atoms with van der Waals surface area (Å²) in [6.07, 6.45) is 1.65. The van der Waals surface area contributed by atoms with E-state index < -0.39 is 0 Å². The molecule has 0 amide bonds. The maximum Gasteiger partial charge on any atom is 0.229 e. The molecule has 5 nitrogen and oxygen atoms in total. The zero-order valence-electron chi connectivity index (χ0n) is 13.7. The van der Waals surface area contributed by atoms with E-state index in [2.05, 4.69) is 20.6 Å². The second kappa shape index (κ2) is 7.53. The van der Waals surface area contributed by atoms with Gasteiger partial charge in [0.25, 0.3) is 0 Å². The number of hydrogen-bond donors (Lipinski definition) is 2. The third-order valence-corrected chi connectivity index (χ3v) is 3.59. The number of nitrogens with one attached hydrogen (secondary N) is 2. The number of rotatable bonds is 6. The van der Waals surface area contributed by atoms with E-state index in [0.29, 0.717) is 23.9 Å². The molecule has 0 bridgehead atoms. The Kier molecular flexibility index (Phi) is 4.99. The molecule has 126 valence electrons. The first kappa shape index (κ1) is 16.6. The van der Waals surface area contributed by atoms with Crippen LogP contribution >= 0.6 is 0 Å². The van der Waals surface area contributed by atoms with Crippen molar-refractivity contribution in [2.24, 2.45) is 0 Å². The quantitative estimate of drug-likeness (QED) is 0.661. The van der Waals surface area contributed by atoms with Crippen LogP contribution in [-0.2, 0) is 6.54 Å². The topological polar surface area (TPSA) is 66.9 Å². The fourth-order valence-corrected chi connectivity index (χ4v) is 2.23. The number of Topliss-reactive ketones (excluding diaryl/α,β-unsaturated/α-hetero) is 1. The molecule has 0 aliphatic carbocycles. The summed E-state index contributed by atoms with van der Waals surface area (Å²) >= 11 is 0. The molecule has 0 saturated heterocycles. The Hall–Kier alpha value is -3.28. The first-order valence-electron chi connectivity index (χ1n) is 7.79. The van der Waals surface area contributed by atoms with Crippen molar-refractivity contribution >= 4 is 23.2 Å². The molecule has 0 unspecified atom stereocenters. The molecule has 3 rings (SSSR count). The minimum atomic E-state index is -0.256. The summed E-state index contributed by atoms with van der Waals surface area (Å²) in [5.41, 5.74) is 2.40. The molecule has 3 aromatic rings. The minimum absolute atomic E-state index is 0.0230. The molecular weight excluding hydrogens is 319 g/mol. The van der Waals surface area contributed by atoms with E-state index in [1.807, 2.05) is 0 Å². The second-order valence-electron chi connectivity index (χ2n) is 5.50. The van der Waals surface area contributed by atoms with Crippen LogP contribution < -0.4 is 10.6 Å². The largest absolute Gasteiger partial charge is 0.366 e. The Labute approximate surface area is 145 Å². The average molecular weight is 336 g/mol. The van der Waals surface area contributed by atoms with Gasteiger partial charge in [0.1, 0.15) is 11.6 Å². The summed E-state index contributed by atoms with van der Waals surface area (Å²) in [6.45, 7) is 2.06. The lowest BCUT2D eigenvalue weighted by Gasteiger charge is -2.09. The van der Waals surface area contributed by atoms with Crippen LogP contribution in [0.2, 0.25) is 0 Å². The van der Waals surface area contributed by atoms with Crippen LogP contribution in [0.15, 0.2) is 60.8 Å². The van der Waals surface area contributed by atoms with Gasteiger partial charge in [0, 0.05) is 24.0 Å². The summed E-state index contributed by atoms with van der Waals surface area (Å²) in [5.74, 6) is 0.865. The van der Waals surface area contributed by atoms with Crippen LogP contribution in [0.3, 0.4) is 0 Å². The first-order valence-corrected chi connectivity index (χ1v) is 7.79. The summed E-state index contributed by atoms with van der Waals surface area (Å²) in [6, 6.07) is 15.2. The second-order valence-corrected chi connectivity index (χ2v) is 5.50. The van der Waals surface area contributed by atoms with E-state index >= 15 is 0 Å². The highest BCUT2D eigenvalue weighted by Gasteiger charge is 2.03. The SMILES string of the molecule is CC(=O)c1ccc(Nc2nccc(NCc3ccc(F)cc3)n2)cc1. The van der Waals surface area contributed by atoms with Gasteiger partial charge in [-0.3, -0.25) is 4.79 Å². The van der Waals surface area contributed by atoms with Crippen LogP contribution in [0.5, 0.6) is 0 Å². The third kappa shape index (κ3) is 4.60. The first-order chi connectivity index (χ1) is 12.1. The number of benzene rings is 2. The highest BCUT2D eigenvalue weighted by molar-refractivity contribution is 5.94. The number of anilines is 3. The number of carbonyl (C=O) groups is 1. The Morgan fingerprint density at radius 1 is 1.04 bits per heavy atom. The predicted molar refractivity (Wildman–Crippen MR) is 95.5 cm³/mol. The molecule has 1 heterocycles. The molecule has 0 saturated carbocycles. The fraction of sp³-hybridized carbons (Fsp3) is 0.105. The Balaban J connectivity index is 1.64. The van der Waals surface area contributed by atoms with E-state index in [1.54, 1.807) is 48.7 Å². The van der Waals surface area contributed by atoms with Crippen molar-refractivity contribution in [1.29, 1.82) is 0 Å². The average Bonchev–Trinajstić information content (AvgIpc) is 2.62. The number of aromatic nitrogens is 2. The van der Waals surface area contributed by atoms with Gasteiger partial charge in [-0.25, -0.2) is 9.37 Å². The van der Waals surface area contributed by atoms with Crippen LogP contribution in [0.4, 0.5) is 21.8 Å². The number of carbonyl (C=O) groups excluding carboxylic acids is 1. The molecule has 0 aliphatic heterocycles. The maximum absolute atomic E-state index is 12.9. The predicted octanol–water partition coefficient (Wildman–Crippen LogP) is 4.17. The molecule has 2 aromatic carbocycles. The van der Waals surface area contributed by atoms with Gasteiger partial charge in [0.15, 0.2) is 5.78 Å². The molecule has 0 atom stereocenters. The van der Waals surface area contributed by atoms with Gasteiger partial charge in [0.2, 0.25) is 5.95 Å². The number of halogens is 1. The van der Waals surface area contributed by atoms with Gasteiger partial charge in [-0.05, 0) is 55.0 Å². The molecular formula is C19H17FN4O. The van der Waals surface area contributed by atoms with Gasteiger partial charge in [-0.2, -0.15) is 4.98 Å². The highest BCUT2D eigenvalue weighted by atomic mass is 19.1. The Bertz CT molecular complexity index is 863. The van der Waals surface area contributed by atoms with Crippen molar-refractivity contribution in [3.8, 4) is 0 Å². The zero-order chi connectivity index (χ0) is 17.6. The molecule has 0 fully saturated rings. The van der Waals surface area contributed by atoms with Crippen LogP contribution in [0.25, 0.3) is 0 Å². The van der Waals surface area contributed by atoms with Crippen molar-refractivity contribution in [3.05, 3.63) is 77.7 Å². The lowest BCUT2D eigenvalue weighted by atomic mass is 10.1. The van der Waals surface area contributed by atoms with Crippen molar-refractivity contribution in [3.63, 3.8) is 0 Å². The van der Waals surface area contributed by atoms with Crippen LogP contribution in [-0.4, -0.2) is 15.8 Å². The summed E-state index contributed by atoms with van der Waals surface area (Å²) < 4.78 is 12.9. The third-order valence-electron chi connectivity index (χ3n) is 3.59. The maximum atomic E-state index is 12.9. The summed E-state index contributed by atoms with van der Waals surface area (Å²) in [5, 5.41) is 6.27. The monoisotopic (exact) mass is 336 g/mol. The molecule has 0 spiro atoms. The molecule has 1 aromatic heterocycles.